The smallest absolute Gasteiger partial charge is 0.230 e. The Morgan fingerprint density at radius 2 is 2.26 bits per heavy atom. The van der Waals surface area contributed by atoms with Crippen LogP contribution in [0.4, 0.5) is 5.82 Å². The van der Waals surface area contributed by atoms with Crippen LogP contribution in [0, 0.1) is 0 Å². The summed E-state index contributed by atoms with van der Waals surface area (Å²) in [5.74, 6) is 0.318. The lowest BCUT2D eigenvalue weighted by Crippen LogP contribution is -2.15. The molecule has 0 fully saturated rings. The molecule has 0 spiro atoms. The van der Waals surface area contributed by atoms with Crippen molar-refractivity contribution in [2.45, 2.75) is 26.3 Å². The average molecular weight is 279 g/mol. The molecular formula is C13H15ClN4O. The van der Waals surface area contributed by atoms with E-state index in [-0.39, 0.29) is 18.4 Å². The largest absolute Gasteiger partial charge is 0.308 e. The fourth-order valence-corrected chi connectivity index (χ4v) is 1.81. The highest BCUT2D eigenvalue weighted by Crippen LogP contribution is 2.12. The zero-order valence-electron chi connectivity index (χ0n) is 10.8. The van der Waals surface area contributed by atoms with Gasteiger partial charge in [-0.15, -0.1) is 5.10 Å². The van der Waals surface area contributed by atoms with Gasteiger partial charge in [0.2, 0.25) is 5.91 Å². The van der Waals surface area contributed by atoms with E-state index in [1.807, 2.05) is 26.0 Å². The van der Waals surface area contributed by atoms with Crippen molar-refractivity contribution in [3.63, 3.8) is 0 Å². The number of hydrogen-bond acceptors (Lipinski definition) is 3. The highest BCUT2D eigenvalue weighted by Gasteiger charge is 2.08. The van der Waals surface area contributed by atoms with Crippen LogP contribution in [-0.4, -0.2) is 20.9 Å². The Kier molecular flexibility index (Phi) is 4.16. The number of benzene rings is 1. The normalized spacial score (nSPS) is 10.7. The number of rotatable bonds is 4. The molecule has 6 heteroatoms. The van der Waals surface area contributed by atoms with Gasteiger partial charge in [-0.3, -0.25) is 4.79 Å². The van der Waals surface area contributed by atoms with Gasteiger partial charge in [-0.1, -0.05) is 23.7 Å². The maximum atomic E-state index is 11.8. The fraction of sp³-hybridized carbons (Fsp3) is 0.308. The van der Waals surface area contributed by atoms with Crippen molar-refractivity contribution in [3.05, 3.63) is 41.0 Å². The number of carbonyl (C=O) groups is 1. The molecule has 5 nitrogen and oxygen atoms in total. The van der Waals surface area contributed by atoms with Crippen LogP contribution in [0.25, 0.3) is 0 Å². The van der Waals surface area contributed by atoms with E-state index in [2.05, 4.69) is 15.5 Å². The van der Waals surface area contributed by atoms with Crippen molar-refractivity contribution in [1.29, 1.82) is 0 Å². The van der Waals surface area contributed by atoms with Gasteiger partial charge in [-0.25, -0.2) is 0 Å². The van der Waals surface area contributed by atoms with Crippen molar-refractivity contribution in [3.8, 4) is 0 Å². The predicted molar refractivity (Wildman–Crippen MR) is 74.2 cm³/mol. The third kappa shape index (κ3) is 3.79. The third-order valence-electron chi connectivity index (χ3n) is 2.49. The standard InChI is InChI=1S/C13H15ClN4O/c1-9(2)18-15-8-12(17-18)16-13(19)7-10-4-3-5-11(14)6-10/h3-6,8-9H,7H2,1-2H3,(H,16,17,19). The van der Waals surface area contributed by atoms with Crippen molar-refractivity contribution in [2.24, 2.45) is 0 Å². The van der Waals surface area contributed by atoms with Crippen LogP contribution in [0.5, 0.6) is 0 Å². The minimum atomic E-state index is -0.141. The zero-order valence-corrected chi connectivity index (χ0v) is 11.6. The molecule has 0 unspecified atom stereocenters. The monoisotopic (exact) mass is 278 g/mol. The number of nitrogens with zero attached hydrogens (tertiary/aromatic N) is 3. The van der Waals surface area contributed by atoms with Crippen LogP contribution >= 0.6 is 11.6 Å². The summed E-state index contributed by atoms with van der Waals surface area (Å²) in [6.45, 7) is 3.94. The molecule has 0 saturated carbocycles. The second kappa shape index (κ2) is 5.84. The molecule has 0 atom stereocenters. The molecule has 0 aliphatic heterocycles. The molecule has 2 rings (SSSR count). The van der Waals surface area contributed by atoms with Crippen molar-refractivity contribution >= 4 is 23.3 Å². The van der Waals surface area contributed by atoms with E-state index in [1.165, 1.54) is 6.20 Å². The molecule has 0 bridgehead atoms. The van der Waals surface area contributed by atoms with Crippen LogP contribution in [0.1, 0.15) is 25.5 Å². The van der Waals surface area contributed by atoms with E-state index in [0.717, 1.165) is 5.56 Å². The minimum absolute atomic E-state index is 0.141. The van der Waals surface area contributed by atoms with Crippen LogP contribution in [0.2, 0.25) is 5.02 Å². The van der Waals surface area contributed by atoms with Crippen LogP contribution in [0.3, 0.4) is 0 Å². The second-order valence-corrected chi connectivity index (χ2v) is 4.94. The van der Waals surface area contributed by atoms with Gasteiger partial charge in [0.15, 0.2) is 5.82 Å². The number of aromatic nitrogens is 3. The number of carbonyl (C=O) groups excluding carboxylic acids is 1. The lowest BCUT2D eigenvalue weighted by Gasteiger charge is -2.03. The predicted octanol–water partition coefficient (Wildman–Crippen LogP) is 2.69. The van der Waals surface area contributed by atoms with Crippen molar-refractivity contribution in [1.82, 2.24) is 15.0 Å². The Bertz CT molecular complexity index is 580. The van der Waals surface area contributed by atoms with Crippen LogP contribution in [0.15, 0.2) is 30.5 Å². The Balaban J connectivity index is 1.97. The van der Waals surface area contributed by atoms with E-state index >= 15 is 0 Å². The van der Waals surface area contributed by atoms with E-state index in [4.69, 9.17) is 11.6 Å². The third-order valence-corrected chi connectivity index (χ3v) is 2.73. The first kappa shape index (κ1) is 13.5. The fourth-order valence-electron chi connectivity index (χ4n) is 1.60. The average Bonchev–Trinajstić information content (AvgIpc) is 2.77. The van der Waals surface area contributed by atoms with Crippen molar-refractivity contribution < 1.29 is 4.79 Å². The summed E-state index contributed by atoms with van der Waals surface area (Å²) >= 11 is 5.87. The Labute approximate surface area is 116 Å². The first-order valence-corrected chi connectivity index (χ1v) is 6.38. The van der Waals surface area contributed by atoms with Gasteiger partial charge in [0.05, 0.1) is 18.7 Å². The summed E-state index contributed by atoms with van der Waals surface area (Å²) in [4.78, 5) is 13.4. The molecule has 1 aromatic heterocycles. The molecule has 1 N–H and O–H groups in total. The molecule has 1 amide bonds. The van der Waals surface area contributed by atoms with E-state index < -0.39 is 0 Å². The quantitative estimate of drug-likeness (QED) is 0.935. The number of halogens is 1. The summed E-state index contributed by atoms with van der Waals surface area (Å²) in [6, 6.07) is 7.39. The van der Waals surface area contributed by atoms with Crippen LogP contribution in [-0.2, 0) is 11.2 Å². The van der Waals surface area contributed by atoms with E-state index in [1.54, 1.807) is 16.9 Å². The minimum Gasteiger partial charge on any atom is -0.308 e. The van der Waals surface area contributed by atoms with Gasteiger partial charge in [0.25, 0.3) is 0 Å². The molecule has 0 saturated heterocycles. The molecule has 100 valence electrons. The summed E-state index contributed by atoms with van der Waals surface area (Å²) in [5, 5.41) is 11.5. The van der Waals surface area contributed by atoms with Gasteiger partial charge >= 0.3 is 0 Å². The number of hydrogen-bond donors (Lipinski definition) is 1. The molecule has 2 aromatic rings. The highest BCUT2D eigenvalue weighted by molar-refractivity contribution is 6.30. The van der Waals surface area contributed by atoms with E-state index in [0.29, 0.717) is 10.8 Å². The number of nitrogens with one attached hydrogen (secondary N) is 1. The maximum absolute atomic E-state index is 11.8. The van der Waals surface area contributed by atoms with Gasteiger partial charge in [-0.05, 0) is 31.5 Å². The summed E-state index contributed by atoms with van der Waals surface area (Å²) in [7, 11) is 0. The first-order valence-electron chi connectivity index (χ1n) is 6.00. The molecule has 19 heavy (non-hydrogen) atoms. The maximum Gasteiger partial charge on any atom is 0.230 e. The van der Waals surface area contributed by atoms with Gasteiger partial charge in [0, 0.05) is 5.02 Å². The molecular weight excluding hydrogens is 264 g/mol. The molecule has 0 aliphatic rings. The summed E-state index contributed by atoms with van der Waals surface area (Å²) in [5.41, 5.74) is 0.862. The molecule has 1 aromatic carbocycles. The second-order valence-electron chi connectivity index (χ2n) is 4.50. The van der Waals surface area contributed by atoms with Gasteiger partial charge < -0.3 is 5.32 Å². The molecule has 1 heterocycles. The first-order chi connectivity index (χ1) is 9.04. The molecule has 0 aliphatic carbocycles. The van der Waals surface area contributed by atoms with Gasteiger partial charge in [0.1, 0.15) is 0 Å². The van der Waals surface area contributed by atoms with Gasteiger partial charge in [-0.2, -0.15) is 9.90 Å². The van der Waals surface area contributed by atoms with Crippen LogP contribution < -0.4 is 5.32 Å². The number of anilines is 1. The zero-order chi connectivity index (χ0) is 13.8. The molecule has 0 radical (unpaired) electrons. The summed E-state index contributed by atoms with van der Waals surface area (Å²) < 4.78 is 0. The lowest BCUT2D eigenvalue weighted by molar-refractivity contribution is -0.115. The highest BCUT2D eigenvalue weighted by atomic mass is 35.5. The van der Waals surface area contributed by atoms with Crippen molar-refractivity contribution in [2.75, 3.05) is 5.32 Å². The van der Waals surface area contributed by atoms with E-state index in [9.17, 15) is 4.79 Å². The topological polar surface area (TPSA) is 59.8 Å². The lowest BCUT2D eigenvalue weighted by atomic mass is 10.1. The SMILES string of the molecule is CC(C)n1ncc(NC(=O)Cc2cccc(Cl)c2)n1. The Morgan fingerprint density at radius 1 is 1.47 bits per heavy atom. The Morgan fingerprint density at radius 3 is 2.89 bits per heavy atom. The number of amides is 1. The summed E-state index contributed by atoms with van der Waals surface area (Å²) in [6.07, 6.45) is 1.80. The Hall–Kier alpha value is -1.88.